The lowest BCUT2D eigenvalue weighted by atomic mass is 9.75. The number of allylic oxidation sites excluding steroid dienone is 3. The van der Waals surface area contributed by atoms with Crippen molar-refractivity contribution in [2.24, 2.45) is 5.73 Å². The van der Waals surface area contributed by atoms with Gasteiger partial charge in [0, 0.05) is 23.4 Å². The summed E-state index contributed by atoms with van der Waals surface area (Å²) in [6.07, 6.45) is 1.78. The van der Waals surface area contributed by atoms with E-state index in [9.17, 15) is 10.1 Å². The molecule has 0 saturated heterocycles. The average Bonchev–Trinajstić information content (AvgIpc) is 2.87. The van der Waals surface area contributed by atoms with Gasteiger partial charge in [0.1, 0.15) is 11.6 Å². The first-order chi connectivity index (χ1) is 16.5. The van der Waals surface area contributed by atoms with E-state index in [1.54, 1.807) is 19.2 Å². The van der Waals surface area contributed by atoms with Gasteiger partial charge in [0.2, 0.25) is 5.75 Å². The van der Waals surface area contributed by atoms with Gasteiger partial charge in [0.25, 0.3) is 0 Å². The van der Waals surface area contributed by atoms with Crippen LogP contribution in [0.2, 0.25) is 0 Å². The SMILES string of the molecule is COc1ccc(N2C(N)=C(C#N)[C@@H](c3cc(OC)c(OC)c(OC)c3)C3=C2CCCC3=O)cc1. The van der Waals surface area contributed by atoms with Gasteiger partial charge < -0.3 is 24.7 Å². The zero-order valence-corrected chi connectivity index (χ0v) is 19.7. The first-order valence-corrected chi connectivity index (χ1v) is 10.9. The molecule has 4 rings (SSSR count). The van der Waals surface area contributed by atoms with E-state index in [-0.39, 0.29) is 5.78 Å². The Labute approximate surface area is 198 Å². The van der Waals surface area contributed by atoms with Crippen molar-refractivity contribution in [3.63, 3.8) is 0 Å². The van der Waals surface area contributed by atoms with E-state index in [1.807, 2.05) is 29.2 Å². The van der Waals surface area contributed by atoms with Crippen LogP contribution in [0.4, 0.5) is 5.69 Å². The van der Waals surface area contributed by atoms with E-state index in [0.717, 1.165) is 11.4 Å². The van der Waals surface area contributed by atoms with Crippen molar-refractivity contribution in [2.45, 2.75) is 25.2 Å². The number of benzene rings is 2. The standard InChI is InChI=1S/C26H27N3O5/c1-31-17-10-8-16(9-11-17)29-19-6-5-7-20(30)24(19)23(18(14-27)26(29)28)15-12-21(32-2)25(34-4)22(13-15)33-3/h8-13,23H,5-7,28H2,1-4H3/t23-/m1/s1. The molecule has 176 valence electrons. The largest absolute Gasteiger partial charge is 0.497 e. The van der Waals surface area contributed by atoms with E-state index in [1.165, 1.54) is 21.3 Å². The fraction of sp³-hybridized carbons (Fsp3) is 0.308. The van der Waals surface area contributed by atoms with E-state index < -0.39 is 5.92 Å². The Morgan fingerprint density at radius 3 is 2.15 bits per heavy atom. The molecule has 0 fully saturated rings. The lowest BCUT2D eigenvalue weighted by Gasteiger charge is -2.39. The summed E-state index contributed by atoms with van der Waals surface area (Å²) in [6, 6.07) is 13.2. The predicted octanol–water partition coefficient (Wildman–Crippen LogP) is 4.03. The summed E-state index contributed by atoms with van der Waals surface area (Å²) < 4.78 is 21.8. The molecule has 0 amide bonds. The molecule has 1 atom stereocenters. The average molecular weight is 462 g/mol. The molecule has 2 aliphatic rings. The van der Waals surface area contributed by atoms with Crippen molar-refractivity contribution in [3.8, 4) is 29.1 Å². The normalized spacial score (nSPS) is 17.8. The van der Waals surface area contributed by atoms with Crippen molar-refractivity contribution >= 4 is 11.5 Å². The number of hydrogen-bond donors (Lipinski definition) is 1. The quantitative estimate of drug-likeness (QED) is 0.687. The molecular weight excluding hydrogens is 434 g/mol. The summed E-state index contributed by atoms with van der Waals surface area (Å²) in [5.41, 5.74) is 9.73. The monoisotopic (exact) mass is 461 g/mol. The van der Waals surface area contributed by atoms with Crippen molar-refractivity contribution in [3.05, 3.63) is 64.6 Å². The summed E-state index contributed by atoms with van der Waals surface area (Å²) in [6.45, 7) is 0. The Bertz CT molecular complexity index is 1200. The van der Waals surface area contributed by atoms with Crippen LogP contribution in [0.15, 0.2) is 59.1 Å². The lowest BCUT2D eigenvalue weighted by Crippen LogP contribution is -2.38. The Hall–Kier alpha value is -4.12. The summed E-state index contributed by atoms with van der Waals surface area (Å²) >= 11 is 0. The molecule has 2 aromatic carbocycles. The minimum Gasteiger partial charge on any atom is -0.497 e. The minimum atomic E-state index is -0.643. The number of ether oxygens (including phenoxy) is 4. The molecule has 0 saturated carbocycles. The number of hydrogen-bond acceptors (Lipinski definition) is 8. The van der Waals surface area contributed by atoms with E-state index >= 15 is 0 Å². The van der Waals surface area contributed by atoms with Gasteiger partial charge >= 0.3 is 0 Å². The maximum absolute atomic E-state index is 13.3. The van der Waals surface area contributed by atoms with Crippen LogP contribution >= 0.6 is 0 Å². The van der Waals surface area contributed by atoms with Crippen LogP contribution in [0.5, 0.6) is 23.0 Å². The van der Waals surface area contributed by atoms with Crippen LogP contribution in [0.25, 0.3) is 0 Å². The summed E-state index contributed by atoms with van der Waals surface area (Å²) in [7, 11) is 6.18. The van der Waals surface area contributed by atoms with Gasteiger partial charge in [-0.15, -0.1) is 0 Å². The summed E-state index contributed by atoms with van der Waals surface area (Å²) in [5, 5.41) is 10.2. The van der Waals surface area contributed by atoms with Gasteiger partial charge in [-0.05, 0) is 54.8 Å². The van der Waals surface area contributed by atoms with Crippen molar-refractivity contribution in [2.75, 3.05) is 33.3 Å². The van der Waals surface area contributed by atoms with Gasteiger partial charge in [0.05, 0.1) is 46.0 Å². The van der Waals surface area contributed by atoms with E-state index in [2.05, 4.69) is 6.07 Å². The first-order valence-electron chi connectivity index (χ1n) is 10.9. The highest BCUT2D eigenvalue weighted by molar-refractivity contribution is 6.01. The van der Waals surface area contributed by atoms with E-state index in [0.29, 0.717) is 64.8 Å². The second-order valence-corrected chi connectivity index (χ2v) is 7.97. The zero-order chi connectivity index (χ0) is 24.4. The number of methoxy groups -OCH3 is 4. The second-order valence-electron chi connectivity index (χ2n) is 7.97. The molecule has 0 radical (unpaired) electrons. The summed E-state index contributed by atoms with van der Waals surface area (Å²) in [4.78, 5) is 15.1. The number of Topliss-reactive ketones (excluding diaryl/α,β-unsaturated/α-hetero) is 1. The first kappa shape index (κ1) is 23.1. The van der Waals surface area contributed by atoms with Crippen LogP contribution in [-0.4, -0.2) is 34.2 Å². The maximum Gasteiger partial charge on any atom is 0.203 e. The summed E-state index contributed by atoms with van der Waals surface area (Å²) in [5.74, 6) is 1.66. The Morgan fingerprint density at radius 1 is 0.971 bits per heavy atom. The fourth-order valence-electron chi connectivity index (χ4n) is 4.71. The molecule has 0 spiro atoms. The highest BCUT2D eigenvalue weighted by atomic mass is 16.5. The molecule has 1 aliphatic carbocycles. The second kappa shape index (κ2) is 9.40. The molecule has 8 nitrogen and oxygen atoms in total. The third-order valence-corrected chi connectivity index (χ3v) is 6.26. The topological polar surface area (TPSA) is 107 Å². The third-order valence-electron chi connectivity index (χ3n) is 6.26. The Kier molecular flexibility index (Phi) is 6.37. The van der Waals surface area contributed by atoms with Gasteiger partial charge in [-0.3, -0.25) is 9.69 Å². The molecule has 0 aromatic heterocycles. The van der Waals surface area contributed by atoms with Gasteiger partial charge in [-0.25, -0.2) is 0 Å². The molecule has 8 heteroatoms. The number of rotatable bonds is 6. The molecule has 1 aliphatic heterocycles. The smallest absolute Gasteiger partial charge is 0.203 e. The molecule has 0 bridgehead atoms. The molecule has 1 heterocycles. The van der Waals surface area contributed by atoms with Crippen LogP contribution in [0, 0.1) is 11.3 Å². The lowest BCUT2D eigenvalue weighted by molar-refractivity contribution is -0.116. The fourth-order valence-corrected chi connectivity index (χ4v) is 4.71. The number of carbonyl (C=O) groups excluding carboxylic acids is 1. The predicted molar refractivity (Wildman–Crippen MR) is 127 cm³/mol. The van der Waals surface area contributed by atoms with Crippen molar-refractivity contribution < 1.29 is 23.7 Å². The number of nitrogens with two attached hydrogens (primary N) is 1. The van der Waals surface area contributed by atoms with Crippen molar-refractivity contribution in [1.82, 2.24) is 0 Å². The van der Waals surface area contributed by atoms with Crippen LogP contribution in [0.3, 0.4) is 0 Å². The Morgan fingerprint density at radius 2 is 1.62 bits per heavy atom. The highest BCUT2D eigenvalue weighted by Crippen LogP contribution is 2.49. The highest BCUT2D eigenvalue weighted by Gasteiger charge is 2.41. The van der Waals surface area contributed by atoms with Crippen molar-refractivity contribution in [1.29, 1.82) is 5.26 Å². The van der Waals surface area contributed by atoms with Crippen LogP contribution in [0.1, 0.15) is 30.7 Å². The van der Waals surface area contributed by atoms with E-state index in [4.69, 9.17) is 24.7 Å². The van der Waals surface area contributed by atoms with Gasteiger partial charge in [-0.2, -0.15) is 5.26 Å². The zero-order valence-electron chi connectivity index (χ0n) is 19.7. The molecule has 0 unspecified atom stereocenters. The van der Waals surface area contributed by atoms with Crippen LogP contribution in [-0.2, 0) is 4.79 Å². The van der Waals surface area contributed by atoms with Gasteiger partial charge in [-0.1, -0.05) is 0 Å². The number of nitriles is 1. The number of ketones is 1. The number of nitrogens with zero attached hydrogens (tertiary/aromatic N) is 2. The number of carbonyl (C=O) groups is 1. The molecule has 2 N–H and O–H groups in total. The molecule has 2 aromatic rings. The van der Waals surface area contributed by atoms with Gasteiger partial charge in [0.15, 0.2) is 17.3 Å². The maximum atomic E-state index is 13.3. The Balaban J connectivity index is 1.96. The number of anilines is 1. The minimum absolute atomic E-state index is 0.00114. The molecule has 34 heavy (non-hydrogen) atoms. The van der Waals surface area contributed by atoms with Crippen LogP contribution < -0.4 is 29.6 Å². The third kappa shape index (κ3) is 3.69. The molecular formula is C26H27N3O5.